The van der Waals surface area contributed by atoms with Crippen LogP contribution in [0.5, 0.6) is 0 Å². The smallest absolute Gasteiger partial charge is 0.265 e. The lowest BCUT2D eigenvalue weighted by Crippen LogP contribution is -2.10. The number of carbonyl (C=O) groups is 2. The van der Waals surface area contributed by atoms with Gasteiger partial charge in [0.15, 0.2) is 10.7 Å². The minimum absolute atomic E-state index is 0.00256. The average molecular weight is 341 g/mol. The molecule has 7 heteroatoms. The maximum Gasteiger partial charge on any atom is 0.265 e. The number of imidazole rings is 1. The zero-order valence-electron chi connectivity index (χ0n) is 12.1. The van der Waals surface area contributed by atoms with Crippen LogP contribution in [0.2, 0.25) is 0 Å². The van der Waals surface area contributed by atoms with Gasteiger partial charge in [-0.05, 0) is 37.3 Å². The summed E-state index contributed by atoms with van der Waals surface area (Å²) >= 11 is 2.94. The lowest BCUT2D eigenvalue weighted by atomic mass is 10.1. The second kappa shape index (κ2) is 5.29. The fraction of sp³-hybridized carbons (Fsp3) is 0.0625. The molecule has 4 aromatic rings. The number of rotatable bonds is 3. The van der Waals surface area contributed by atoms with Crippen molar-refractivity contribution in [1.82, 2.24) is 9.38 Å². The highest BCUT2D eigenvalue weighted by molar-refractivity contribution is 7.21. The summed E-state index contributed by atoms with van der Waals surface area (Å²) in [6.45, 7) is 1.51. The number of aromatic nitrogens is 2. The first-order valence-electron chi connectivity index (χ1n) is 6.89. The normalized spacial score (nSPS) is 11.2. The number of nitrogens with one attached hydrogen (secondary N) is 1. The van der Waals surface area contributed by atoms with Crippen LogP contribution >= 0.6 is 22.7 Å². The van der Waals surface area contributed by atoms with Crippen LogP contribution in [0.15, 0.2) is 41.9 Å². The molecule has 0 bridgehead atoms. The first-order valence-corrected chi connectivity index (χ1v) is 8.59. The molecular formula is C16H11N3O2S2. The Labute approximate surface area is 139 Å². The summed E-state index contributed by atoms with van der Waals surface area (Å²) in [5.74, 6) is -0.171. The van der Waals surface area contributed by atoms with Crippen molar-refractivity contribution in [2.24, 2.45) is 0 Å². The van der Waals surface area contributed by atoms with Gasteiger partial charge in [-0.15, -0.1) is 22.7 Å². The molecule has 0 atom stereocenters. The molecule has 3 aromatic heterocycles. The third-order valence-corrected chi connectivity index (χ3v) is 5.29. The molecule has 3 heterocycles. The van der Waals surface area contributed by atoms with E-state index in [2.05, 4.69) is 10.3 Å². The van der Waals surface area contributed by atoms with E-state index in [-0.39, 0.29) is 11.7 Å². The van der Waals surface area contributed by atoms with Gasteiger partial charge in [-0.3, -0.25) is 14.0 Å². The minimum Gasteiger partial charge on any atom is -0.321 e. The van der Waals surface area contributed by atoms with E-state index >= 15 is 0 Å². The van der Waals surface area contributed by atoms with Crippen molar-refractivity contribution >= 4 is 55.4 Å². The fourth-order valence-corrected chi connectivity index (χ4v) is 4.04. The topological polar surface area (TPSA) is 63.5 Å². The van der Waals surface area contributed by atoms with Crippen LogP contribution in [0.3, 0.4) is 0 Å². The minimum atomic E-state index is -0.174. The molecular weight excluding hydrogens is 330 g/mol. The first kappa shape index (κ1) is 14.1. The van der Waals surface area contributed by atoms with E-state index in [9.17, 15) is 9.59 Å². The molecule has 5 nitrogen and oxygen atoms in total. The Morgan fingerprint density at radius 3 is 2.74 bits per heavy atom. The summed E-state index contributed by atoms with van der Waals surface area (Å²) in [6.07, 6.45) is 1.95. The number of thiazole rings is 1. The van der Waals surface area contributed by atoms with Gasteiger partial charge in [-0.2, -0.15) is 0 Å². The lowest BCUT2D eigenvalue weighted by Gasteiger charge is -2.04. The molecule has 0 aliphatic heterocycles. The van der Waals surface area contributed by atoms with Crippen LogP contribution in [0.1, 0.15) is 27.0 Å². The number of nitrogens with zero attached hydrogens (tertiary/aromatic N) is 2. The van der Waals surface area contributed by atoms with Crippen molar-refractivity contribution in [1.29, 1.82) is 0 Å². The molecule has 0 aliphatic carbocycles. The summed E-state index contributed by atoms with van der Waals surface area (Å²) in [5, 5.41) is 4.81. The first-order chi connectivity index (χ1) is 11.1. The van der Waals surface area contributed by atoms with Crippen LogP contribution in [0.4, 0.5) is 5.69 Å². The molecule has 1 amide bonds. The molecule has 0 aliphatic rings. The highest BCUT2D eigenvalue weighted by Gasteiger charge is 2.15. The van der Waals surface area contributed by atoms with E-state index < -0.39 is 0 Å². The van der Waals surface area contributed by atoms with E-state index in [1.165, 1.54) is 18.3 Å². The van der Waals surface area contributed by atoms with Gasteiger partial charge in [-0.1, -0.05) is 0 Å². The Hall–Kier alpha value is -2.51. The highest BCUT2D eigenvalue weighted by Crippen LogP contribution is 2.28. The number of Topliss-reactive ketones (excluding diaryl/α,β-unsaturated/α-hetero) is 1. The van der Waals surface area contributed by atoms with Crippen LogP contribution in [-0.2, 0) is 0 Å². The molecule has 0 unspecified atom stereocenters. The molecule has 1 aromatic carbocycles. The second-order valence-electron chi connectivity index (χ2n) is 5.06. The Kier molecular flexibility index (Phi) is 3.24. The molecule has 1 N–H and O–H groups in total. The third-order valence-electron chi connectivity index (χ3n) is 3.51. The van der Waals surface area contributed by atoms with Crippen molar-refractivity contribution < 1.29 is 9.59 Å². The lowest BCUT2D eigenvalue weighted by molar-refractivity contribution is 0.101. The number of anilines is 1. The van der Waals surface area contributed by atoms with Crippen molar-refractivity contribution in [2.45, 2.75) is 6.92 Å². The number of fused-ring (bicyclic) bond motifs is 3. The third kappa shape index (κ3) is 2.43. The van der Waals surface area contributed by atoms with Crippen LogP contribution in [0, 0.1) is 0 Å². The van der Waals surface area contributed by atoms with Crippen molar-refractivity contribution in [2.75, 3.05) is 5.32 Å². The predicted octanol–water partition coefficient (Wildman–Crippen LogP) is 4.07. The van der Waals surface area contributed by atoms with Gasteiger partial charge in [0.05, 0.1) is 10.4 Å². The maximum absolute atomic E-state index is 12.4. The maximum atomic E-state index is 12.4. The van der Waals surface area contributed by atoms with E-state index in [0.29, 0.717) is 16.1 Å². The van der Waals surface area contributed by atoms with Crippen molar-refractivity contribution in [3.8, 4) is 0 Å². The SMILES string of the molecule is CC(=O)c1ccc(NC(=O)c2cc3c(nc4sccn43)s2)cc1. The van der Waals surface area contributed by atoms with Crippen LogP contribution in [0.25, 0.3) is 15.3 Å². The standard InChI is InChI=1S/C16H11N3O2S2/c1-9(20)10-2-4-11(5-3-10)17-14(21)13-8-12-15(23-13)18-16-19(12)6-7-22-16/h2-8H,1H3,(H,17,21). The van der Waals surface area contributed by atoms with E-state index in [0.717, 1.165) is 15.3 Å². The Bertz CT molecular complexity index is 1040. The molecule has 23 heavy (non-hydrogen) atoms. The Morgan fingerprint density at radius 2 is 2.00 bits per heavy atom. The molecule has 114 valence electrons. The number of thiophene rings is 1. The molecule has 0 fully saturated rings. The highest BCUT2D eigenvalue weighted by atomic mass is 32.1. The largest absolute Gasteiger partial charge is 0.321 e. The number of benzene rings is 1. The van der Waals surface area contributed by atoms with Gasteiger partial charge >= 0.3 is 0 Å². The number of carbonyl (C=O) groups excluding carboxylic acids is 2. The molecule has 4 rings (SSSR count). The molecule has 0 radical (unpaired) electrons. The number of hydrogen-bond donors (Lipinski definition) is 1. The Morgan fingerprint density at radius 1 is 1.22 bits per heavy atom. The number of amides is 1. The van der Waals surface area contributed by atoms with E-state index in [1.807, 2.05) is 22.0 Å². The monoisotopic (exact) mass is 341 g/mol. The summed E-state index contributed by atoms with van der Waals surface area (Å²) < 4.78 is 1.98. The van der Waals surface area contributed by atoms with Gasteiger partial charge in [0.1, 0.15) is 4.83 Å². The summed E-state index contributed by atoms with van der Waals surface area (Å²) in [5.41, 5.74) is 2.23. The van der Waals surface area contributed by atoms with E-state index in [4.69, 9.17) is 0 Å². The van der Waals surface area contributed by atoms with Crippen molar-refractivity contribution in [3.05, 3.63) is 52.3 Å². The van der Waals surface area contributed by atoms with Gasteiger partial charge in [0.25, 0.3) is 5.91 Å². The van der Waals surface area contributed by atoms with Gasteiger partial charge in [-0.25, -0.2) is 4.98 Å². The molecule has 0 spiro atoms. The number of hydrogen-bond acceptors (Lipinski definition) is 5. The summed E-state index contributed by atoms with van der Waals surface area (Å²) in [7, 11) is 0. The quantitative estimate of drug-likeness (QED) is 0.571. The van der Waals surface area contributed by atoms with Crippen LogP contribution in [-0.4, -0.2) is 21.1 Å². The summed E-state index contributed by atoms with van der Waals surface area (Å²) in [4.78, 5) is 30.5. The Balaban J connectivity index is 1.60. The predicted molar refractivity (Wildman–Crippen MR) is 92.9 cm³/mol. The average Bonchev–Trinajstić information content (AvgIpc) is 3.19. The fourth-order valence-electron chi connectivity index (χ4n) is 2.34. The zero-order chi connectivity index (χ0) is 16.0. The van der Waals surface area contributed by atoms with Crippen molar-refractivity contribution in [3.63, 3.8) is 0 Å². The summed E-state index contributed by atoms with van der Waals surface area (Å²) in [6, 6.07) is 8.72. The van der Waals surface area contributed by atoms with E-state index in [1.54, 1.807) is 35.6 Å². The number of ketones is 1. The second-order valence-corrected chi connectivity index (χ2v) is 6.96. The van der Waals surface area contributed by atoms with Crippen LogP contribution < -0.4 is 5.32 Å². The zero-order valence-corrected chi connectivity index (χ0v) is 13.7. The molecule has 0 saturated carbocycles. The van der Waals surface area contributed by atoms with Gasteiger partial charge in [0, 0.05) is 22.8 Å². The molecule has 0 saturated heterocycles. The van der Waals surface area contributed by atoms with Gasteiger partial charge < -0.3 is 5.32 Å². The van der Waals surface area contributed by atoms with Gasteiger partial charge in [0.2, 0.25) is 0 Å².